The molecule has 2 aromatic carbocycles. The first kappa shape index (κ1) is 13.4. The first-order valence-corrected chi connectivity index (χ1v) is 6.80. The standard InChI is InChI=1S/C17H15NO3/c1-12(16-14-9-5-6-10-15(14)21-18-16)17(19)20-11-13-7-3-2-4-8-13/h2-10,12H,11H2,1H3. The monoisotopic (exact) mass is 281 g/mol. The number of benzene rings is 2. The Morgan fingerprint density at radius 1 is 1.14 bits per heavy atom. The third-order valence-electron chi connectivity index (χ3n) is 3.39. The Morgan fingerprint density at radius 2 is 1.86 bits per heavy atom. The lowest BCUT2D eigenvalue weighted by Crippen LogP contribution is -2.13. The quantitative estimate of drug-likeness (QED) is 0.685. The molecule has 3 rings (SSSR count). The molecule has 1 aromatic heterocycles. The first-order chi connectivity index (χ1) is 10.3. The van der Waals surface area contributed by atoms with E-state index < -0.39 is 5.92 Å². The van der Waals surface area contributed by atoms with Crippen molar-refractivity contribution in [3.05, 3.63) is 65.9 Å². The van der Waals surface area contributed by atoms with E-state index in [1.165, 1.54) is 0 Å². The number of esters is 1. The number of rotatable bonds is 4. The molecule has 1 atom stereocenters. The number of carbonyl (C=O) groups excluding carboxylic acids is 1. The van der Waals surface area contributed by atoms with Crippen molar-refractivity contribution in [2.75, 3.05) is 0 Å². The van der Waals surface area contributed by atoms with Gasteiger partial charge in [0.1, 0.15) is 18.2 Å². The fourth-order valence-corrected chi connectivity index (χ4v) is 2.18. The van der Waals surface area contributed by atoms with Gasteiger partial charge in [0.15, 0.2) is 5.58 Å². The molecule has 0 radical (unpaired) electrons. The van der Waals surface area contributed by atoms with Gasteiger partial charge in [-0.2, -0.15) is 0 Å². The number of ether oxygens (including phenoxy) is 1. The minimum atomic E-state index is -0.461. The van der Waals surface area contributed by atoms with Crippen LogP contribution in [0.5, 0.6) is 0 Å². The van der Waals surface area contributed by atoms with Gasteiger partial charge in [0.25, 0.3) is 0 Å². The maximum absolute atomic E-state index is 12.2. The van der Waals surface area contributed by atoms with Gasteiger partial charge in [-0.05, 0) is 24.6 Å². The lowest BCUT2D eigenvalue weighted by Gasteiger charge is -2.09. The molecule has 0 fully saturated rings. The van der Waals surface area contributed by atoms with Gasteiger partial charge in [0, 0.05) is 5.39 Å². The van der Waals surface area contributed by atoms with Crippen LogP contribution in [-0.4, -0.2) is 11.1 Å². The maximum atomic E-state index is 12.2. The van der Waals surface area contributed by atoms with Gasteiger partial charge in [-0.3, -0.25) is 4.79 Å². The van der Waals surface area contributed by atoms with Crippen molar-refractivity contribution < 1.29 is 14.1 Å². The van der Waals surface area contributed by atoms with Crippen LogP contribution < -0.4 is 0 Å². The first-order valence-electron chi connectivity index (χ1n) is 6.80. The van der Waals surface area contributed by atoms with E-state index in [1.807, 2.05) is 54.6 Å². The van der Waals surface area contributed by atoms with Crippen LogP contribution in [-0.2, 0) is 16.1 Å². The van der Waals surface area contributed by atoms with Crippen molar-refractivity contribution in [1.29, 1.82) is 0 Å². The molecule has 4 nitrogen and oxygen atoms in total. The Balaban J connectivity index is 1.72. The second-order valence-corrected chi connectivity index (χ2v) is 4.88. The smallest absolute Gasteiger partial charge is 0.315 e. The predicted octanol–water partition coefficient (Wildman–Crippen LogP) is 3.67. The molecule has 0 aliphatic heterocycles. The van der Waals surface area contributed by atoms with Crippen molar-refractivity contribution in [3.63, 3.8) is 0 Å². The van der Waals surface area contributed by atoms with Crippen molar-refractivity contribution in [2.24, 2.45) is 0 Å². The molecule has 0 spiro atoms. The Kier molecular flexibility index (Phi) is 3.69. The third kappa shape index (κ3) is 2.79. The summed E-state index contributed by atoms with van der Waals surface area (Å²) in [5.74, 6) is -0.768. The number of nitrogens with zero attached hydrogens (tertiary/aromatic N) is 1. The molecule has 0 aliphatic rings. The summed E-state index contributed by atoms with van der Waals surface area (Å²) in [4.78, 5) is 12.2. The molecular weight excluding hydrogens is 266 g/mol. The number of carbonyl (C=O) groups is 1. The lowest BCUT2D eigenvalue weighted by molar-refractivity contribution is -0.146. The van der Waals surface area contributed by atoms with Gasteiger partial charge in [0.05, 0.1) is 0 Å². The predicted molar refractivity (Wildman–Crippen MR) is 78.7 cm³/mol. The van der Waals surface area contributed by atoms with Gasteiger partial charge in [-0.25, -0.2) is 0 Å². The molecule has 0 saturated carbocycles. The molecule has 1 unspecified atom stereocenters. The second kappa shape index (κ2) is 5.79. The molecule has 0 aliphatic carbocycles. The van der Waals surface area contributed by atoms with Crippen LogP contribution >= 0.6 is 0 Å². The lowest BCUT2D eigenvalue weighted by atomic mass is 10.0. The van der Waals surface area contributed by atoms with E-state index in [-0.39, 0.29) is 12.6 Å². The highest BCUT2D eigenvalue weighted by Crippen LogP contribution is 2.25. The van der Waals surface area contributed by atoms with E-state index in [2.05, 4.69) is 5.16 Å². The van der Waals surface area contributed by atoms with Crippen molar-refractivity contribution >= 4 is 16.9 Å². The Morgan fingerprint density at radius 3 is 2.67 bits per heavy atom. The molecule has 4 heteroatoms. The average molecular weight is 281 g/mol. The largest absolute Gasteiger partial charge is 0.460 e. The van der Waals surface area contributed by atoms with Crippen LogP contribution in [0.15, 0.2) is 59.1 Å². The molecule has 0 saturated heterocycles. The fraction of sp³-hybridized carbons (Fsp3) is 0.176. The zero-order valence-corrected chi connectivity index (χ0v) is 11.7. The number of aromatic nitrogens is 1. The molecule has 0 bridgehead atoms. The number of para-hydroxylation sites is 1. The van der Waals surface area contributed by atoms with Gasteiger partial charge in [-0.15, -0.1) is 0 Å². The molecular formula is C17H15NO3. The summed E-state index contributed by atoms with van der Waals surface area (Å²) < 4.78 is 10.6. The topological polar surface area (TPSA) is 52.3 Å². The highest BCUT2D eigenvalue weighted by atomic mass is 16.5. The summed E-state index contributed by atoms with van der Waals surface area (Å²) in [6.07, 6.45) is 0. The highest BCUT2D eigenvalue weighted by molar-refractivity contribution is 5.86. The summed E-state index contributed by atoms with van der Waals surface area (Å²) in [5, 5.41) is 4.84. The van der Waals surface area contributed by atoms with Crippen molar-refractivity contribution in [1.82, 2.24) is 5.16 Å². The molecule has 3 aromatic rings. The molecule has 0 N–H and O–H groups in total. The van der Waals surface area contributed by atoms with Crippen LogP contribution in [0.1, 0.15) is 24.1 Å². The molecule has 21 heavy (non-hydrogen) atoms. The van der Waals surface area contributed by atoms with Crippen LogP contribution in [0.25, 0.3) is 11.0 Å². The summed E-state index contributed by atoms with van der Waals surface area (Å²) in [7, 11) is 0. The van der Waals surface area contributed by atoms with Crippen LogP contribution in [0.2, 0.25) is 0 Å². The van der Waals surface area contributed by atoms with E-state index in [9.17, 15) is 4.79 Å². The van der Waals surface area contributed by atoms with Gasteiger partial charge >= 0.3 is 5.97 Å². The van der Waals surface area contributed by atoms with E-state index in [1.54, 1.807) is 6.92 Å². The van der Waals surface area contributed by atoms with Gasteiger partial charge in [-0.1, -0.05) is 47.6 Å². The normalized spacial score (nSPS) is 12.2. The summed E-state index contributed by atoms with van der Waals surface area (Å²) in [6.45, 7) is 2.04. The summed E-state index contributed by atoms with van der Waals surface area (Å²) >= 11 is 0. The van der Waals surface area contributed by atoms with E-state index in [0.717, 1.165) is 10.9 Å². The average Bonchev–Trinajstić information content (AvgIpc) is 2.97. The SMILES string of the molecule is CC(C(=O)OCc1ccccc1)c1noc2ccccc12. The van der Waals surface area contributed by atoms with Crippen molar-refractivity contribution in [3.8, 4) is 0 Å². The van der Waals surface area contributed by atoms with Gasteiger partial charge in [0.2, 0.25) is 0 Å². The second-order valence-electron chi connectivity index (χ2n) is 4.88. The van der Waals surface area contributed by atoms with Crippen LogP contribution in [0.4, 0.5) is 0 Å². The van der Waals surface area contributed by atoms with E-state index >= 15 is 0 Å². The van der Waals surface area contributed by atoms with Crippen molar-refractivity contribution in [2.45, 2.75) is 19.4 Å². The van der Waals surface area contributed by atoms with Crippen LogP contribution in [0, 0.1) is 0 Å². The summed E-state index contributed by atoms with van der Waals surface area (Å²) in [6, 6.07) is 17.1. The number of hydrogen-bond donors (Lipinski definition) is 0. The Bertz CT molecular complexity index is 749. The maximum Gasteiger partial charge on any atom is 0.315 e. The minimum Gasteiger partial charge on any atom is -0.460 e. The summed E-state index contributed by atoms with van der Waals surface area (Å²) in [5.41, 5.74) is 2.25. The molecule has 0 amide bonds. The Hall–Kier alpha value is -2.62. The van der Waals surface area contributed by atoms with Crippen LogP contribution in [0.3, 0.4) is 0 Å². The number of fused-ring (bicyclic) bond motifs is 1. The fourth-order valence-electron chi connectivity index (χ4n) is 2.18. The zero-order chi connectivity index (χ0) is 14.7. The minimum absolute atomic E-state index is 0.264. The third-order valence-corrected chi connectivity index (χ3v) is 3.39. The van der Waals surface area contributed by atoms with E-state index in [4.69, 9.17) is 9.26 Å². The van der Waals surface area contributed by atoms with Gasteiger partial charge < -0.3 is 9.26 Å². The number of hydrogen-bond acceptors (Lipinski definition) is 4. The molecule has 1 heterocycles. The molecule has 106 valence electrons. The zero-order valence-electron chi connectivity index (χ0n) is 11.7. The Labute approximate surface area is 122 Å². The van der Waals surface area contributed by atoms with E-state index in [0.29, 0.717) is 11.3 Å². The highest BCUT2D eigenvalue weighted by Gasteiger charge is 2.23.